The Bertz CT molecular complexity index is 722. The molecule has 0 bridgehead atoms. The van der Waals surface area contributed by atoms with Crippen LogP contribution in [0.15, 0.2) is 24.3 Å². The van der Waals surface area contributed by atoms with Crippen LogP contribution < -0.4 is 15.4 Å². The van der Waals surface area contributed by atoms with Crippen LogP contribution in [-0.4, -0.2) is 48.4 Å². The zero-order chi connectivity index (χ0) is 20.1. The van der Waals surface area contributed by atoms with Crippen LogP contribution in [0.2, 0.25) is 0 Å². The van der Waals surface area contributed by atoms with Crippen LogP contribution in [0.5, 0.6) is 5.75 Å². The number of hydrogen-bond donors (Lipinski definition) is 2. The highest BCUT2D eigenvalue weighted by molar-refractivity contribution is 5.94. The second kappa shape index (κ2) is 9.08. The summed E-state index contributed by atoms with van der Waals surface area (Å²) in [5.74, 6) is 0.681. The molecule has 0 radical (unpaired) electrons. The molecule has 3 amide bonds. The van der Waals surface area contributed by atoms with Gasteiger partial charge in [-0.1, -0.05) is 6.07 Å². The van der Waals surface area contributed by atoms with Crippen molar-refractivity contribution in [1.29, 1.82) is 0 Å². The van der Waals surface area contributed by atoms with Crippen LogP contribution in [0, 0.1) is 11.8 Å². The number of likely N-dealkylation sites (tertiary alicyclic amines) is 1. The summed E-state index contributed by atoms with van der Waals surface area (Å²) >= 11 is 0. The van der Waals surface area contributed by atoms with Gasteiger partial charge in [0, 0.05) is 42.7 Å². The van der Waals surface area contributed by atoms with Crippen LogP contribution in [-0.2, 0) is 14.4 Å². The quantitative estimate of drug-likeness (QED) is 0.751. The molecule has 2 fully saturated rings. The Morgan fingerprint density at radius 3 is 2.39 bits per heavy atom. The molecule has 3 rings (SSSR count). The number of hydrogen-bond acceptors (Lipinski definition) is 4. The lowest BCUT2D eigenvalue weighted by Crippen LogP contribution is -2.45. The summed E-state index contributed by atoms with van der Waals surface area (Å²) in [7, 11) is 0. The van der Waals surface area contributed by atoms with E-state index in [1.54, 1.807) is 23.1 Å². The van der Waals surface area contributed by atoms with Gasteiger partial charge in [0.1, 0.15) is 5.75 Å². The predicted octanol–water partition coefficient (Wildman–Crippen LogP) is 2.18. The topological polar surface area (TPSA) is 87.7 Å². The highest BCUT2D eigenvalue weighted by atomic mass is 16.5. The van der Waals surface area contributed by atoms with Gasteiger partial charge in [0.25, 0.3) is 5.91 Å². The fraction of sp³-hybridized carbons (Fsp3) is 0.571. The number of rotatable bonds is 7. The molecule has 0 spiro atoms. The molecule has 1 aliphatic carbocycles. The van der Waals surface area contributed by atoms with E-state index in [-0.39, 0.29) is 42.2 Å². The van der Waals surface area contributed by atoms with Gasteiger partial charge in [0.2, 0.25) is 11.8 Å². The van der Waals surface area contributed by atoms with Crippen LogP contribution >= 0.6 is 0 Å². The molecule has 28 heavy (non-hydrogen) atoms. The standard InChI is InChI=1S/C21H29N3O4/c1-14(2)22-20(26)16-8-10-24(11-9-16)19(25)13-28-18-5-3-4-17(12-18)23-21(27)15-6-7-15/h3-5,12,14-16H,6-11,13H2,1-2H3,(H,22,26)(H,23,27). The molecule has 1 aromatic rings. The molecule has 2 N–H and O–H groups in total. The summed E-state index contributed by atoms with van der Waals surface area (Å²) in [5, 5.41) is 5.81. The number of carbonyl (C=O) groups excluding carboxylic acids is 3. The third kappa shape index (κ3) is 5.71. The van der Waals surface area contributed by atoms with Gasteiger partial charge < -0.3 is 20.3 Å². The molecule has 7 heteroatoms. The first kappa shape index (κ1) is 20.2. The Labute approximate surface area is 165 Å². The Balaban J connectivity index is 1.43. The van der Waals surface area contributed by atoms with E-state index in [1.165, 1.54) is 0 Å². The Morgan fingerprint density at radius 2 is 1.75 bits per heavy atom. The highest BCUT2D eigenvalue weighted by Gasteiger charge is 2.30. The van der Waals surface area contributed by atoms with Crippen molar-refractivity contribution in [2.45, 2.75) is 45.6 Å². The molecule has 152 valence electrons. The third-order valence-corrected chi connectivity index (χ3v) is 5.06. The monoisotopic (exact) mass is 387 g/mol. The number of benzene rings is 1. The van der Waals surface area contributed by atoms with E-state index >= 15 is 0 Å². The molecule has 0 unspecified atom stereocenters. The lowest BCUT2D eigenvalue weighted by Gasteiger charge is -2.31. The van der Waals surface area contributed by atoms with Crippen LogP contribution in [0.25, 0.3) is 0 Å². The lowest BCUT2D eigenvalue weighted by molar-refractivity contribution is -0.137. The molecule has 1 heterocycles. The second-order valence-electron chi connectivity index (χ2n) is 7.90. The van der Waals surface area contributed by atoms with Gasteiger partial charge in [-0.25, -0.2) is 0 Å². The van der Waals surface area contributed by atoms with Gasteiger partial charge in [0.15, 0.2) is 6.61 Å². The number of piperidine rings is 1. The van der Waals surface area contributed by atoms with Crippen molar-refractivity contribution in [3.05, 3.63) is 24.3 Å². The molecule has 0 aromatic heterocycles. The molecule has 1 saturated carbocycles. The second-order valence-corrected chi connectivity index (χ2v) is 7.90. The number of ether oxygens (including phenoxy) is 1. The van der Waals surface area contributed by atoms with Crippen LogP contribution in [0.1, 0.15) is 39.5 Å². The van der Waals surface area contributed by atoms with Gasteiger partial charge in [0.05, 0.1) is 0 Å². The maximum atomic E-state index is 12.4. The van der Waals surface area contributed by atoms with Gasteiger partial charge in [-0.2, -0.15) is 0 Å². The fourth-order valence-electron chi connectivity index (χ4n) is 3.28. The Kier molecular flexibility index (Phi) is 6.54. The average molecular weight is 387 g/mol. The fourth-order valence-corrected chi connectivity index (χ4v) is 3.28. The average Bonchev–Trinajstić information content (AvgIpc) is 3.51. The molecule has 1 aliphatic heterocycles. The summed E-state index contributed by atoms with van der Waals surface area (Å²) in [4.78, 5) is 38.1. The van der Waals surface area contributed by atoms with Crippen molar-refractivity contribution in [1.82, 2.24) is 10.2 Å². The van der Waals surface area contributed by atoms with Gasteiger partial charge in [-0.05, 0) is 51.7 Å². The van der Waals surface area contributed by atoms with Crippen molar-refractivity contribution in [2.75, 3.05) is 25.0 Å². The maximum absolute atomic E-state index is 12.4. The van der Waals surface area contributed by atoms with E-state index in [4.69, 9.17) is 4.74 Å². The maximum Gasteiger partial charge on any atom is 0.260 e. The normalized spacial score (nSPS) is 17.3. The Morgan fingerprint density at radius 1 is 1.07 bits per heavy atom. The first-order chi connectivity index (χ1) is 13.4. The van der Waals surface area contributed by atoms with E-state index in [2.05, 4.69) is 10.6 Å². The van der Waals surface area contributed by atoms with Crippen molar-refractivity contribution in [3.63, 3.8) is 0 Å². The Hall–Kier alpha value is -2.57. The van der Waals surface area contributed by atoms with Gasteiger partial charge in [-0.15, -0.1) is 0 Å². The van der Waals surface area contributed by atoms with Crippen molar-refractivity contribution >= 4 is 23.4 Å². The first-order valence-corrected chi connectivity index (χ1v) is 10.0. The minimum atomic E-state index is -0.0878. The largest absolute Gasteiger partial charge is 0.484 e. The van der Waals surface area contributed by atoms with E-state index in [0.717, 1.165) is 12.8 Å². The molecule has 1 saturated heterocycles. The number of nitrogens with one attached hydrogen (secondary N) is 2. The summed E-state index contributed by atoms with van der Waals surface area (Å²) in [5.41, 5.74) is 0.679. The molecular weight excluding hydrogens is 358 g/mol. The summed E-state index contributed by atoms with van der Waals surface area (Å²) in [6, 6.07) is 7.23. The van der Waals surface area contributed by atoms with E-state index < -0.39 is 0 Å². The highest BCUT2D eigenvalue weighted by Crippen LogP contribution is 2.30. The SMILES string of the molecule is CC(C)NC(=O)C1CCN(C(=O)COc2cccc(NC(=O)C3CC3)c2)CC1. The van der Waals surface area contributed by atoms with Crippen LogP contribution in [0.4, 0.5) is 5.69 Å². The third-order valence-electron chi connectivity index (χ3n) is 5.06. The molecule has 0 atom stereocenters. The zero-order valence-electron chi connectivity index (χ0n) is 16.6. The number of anilines is 1. The number of amides is 3. The van der Waals surface area contributed by atoms with Gasteiger partial charge in [-0.3, -0.25) is 14.4 Å². The predicted molar refractivity (Wildman–Crippen MR) is 106 cm³/mol. The van der Waals surface area contributed by atoms with Crippen molar-refractivity contribution < 1.29 is 19.1 Å². The minimum absolute atomic E-state index is 0.0286. The minimum Gasteiger partial charge on any atom is -0.484 e. The number of carbonyl (C=O) groups is 3. The molecule has 2 aliphatic rings. The van der Waals surface area contributed by atoms with Crippen LogP contribution in [0.3, 0.4) is 0 Å². The smallest absolute Gasteiger partial charge is 0.260 e. The van der Waals surface area contributed by atoms with E-state index in [1.807, 2.05) is 19.9 Å². The first-order valence-electron chi connectivity index (χ1n) is 10.0. The van der Waals surface area contributed by atoms with Crippen molar-refractivity contribution in [3.8, 4) is 5.75 Å². The lowest BCUT2D eigenvalue weighted by atomic mass is 9.95. The zero-order valence-corrected chi connectivity index (χ0v) is 16.6. The van der Waals surface area contributed by atoms with E-state index in [9.17, 15) is 14.4 Å². The molecule has 7 nitrogen and oxygen atoms in total. The van der Waals surface area contributed by atoms with E-state index in [0.29, 0.717) is 37.4 Å². The van der Waals surface area contributed by atoms with Crippen molar-refractivity contribution in [2.24, 2.45) is 11.8 Å². The molecule has 1 aromatic carbocycles. The molecular formula is C21H29N3O4. The number of nitrogens with zero attached hydrogens (tertiary/aromatic N) is 1. The summed E-state index contributed by atoms with van der Waals surface area (Å²) in [6.07, 6.45) is 3.25. The summed E-state index contributed by atoms with van der Waals surface area (Å²) < 4.78 is 5.62. The van der Waals surface area contributed by atoms with Gasteiger partial charge >= 0.3 is 0 Å². The summed E-state index contributed by atoms with van der Waals surface area (Å²) in [6.45, 7) is 4.97.